The van der Waals surface area contributed by atoms with Crippen molar-refractivity contribution in [2.75, 3.05) is 0 Å². The Balaban J connectivity index is 1.86. The van der Waals surface area contributed by atoms with E-state index in [9.17, 15) is 4.57 Å². The van der Waals surface area contributed by atoms with Gasteiger partial charge in [0, 0.05) is 16.7 Å². The molecule has 0 aromatic heterocycles. The first-order chi connectivity index (χ1) is 13.3. The standard InChI is InChI=1S/C25H28NOP/c1-17-11-18(2)14-22(13-17)28(27,23-15-19(3)12-20(4)16-23)26-25-10-9-21-7-5-6-8-24(21)25/h5-8,11-16,25H,9-10H2,1-4H3,(H,26,27)/t25-/m1/s1. The highest BCUT2D eigenvalue weighted by Crippen LogP contribution is 2.45. The van der Waals surface area contributed by atoms with Crippen LogP contribution in [-0.4, -0.2) is 0 Å². The van der Waals surface area contributed by atoms with Crippen LogP contribution in [0.2, 0.25) is 0 Å². The third-order valence-corrected chi connectivity index (χ3v) is 8.26. The largest absolute Gasteiger partial charge is 0.297 e. The molecule has 0 amide bonds. The summed E-state index contributed by atoms with van der Waals surface area (Å²) in [5.41, 5.74) is 7.24. The van der Waals surface area contributed by atoms with Crippen LogP contribution in [0.1, 0.15) is 45.8 Å². The maximum Gasteiger partial charge on any atom is 0.205 e. The Morgan fingerprint density at radius 2 is 1.29 bits per heavy atom. The Bertz CT molecular complexity index is 990. The highest BCUT2D eigenvalue weighted by molar-refractivity contribution is 7.76. The molecule has 4 rings (SSSR count). The molecule has 0 saturated carbocycles. The minimum atomic E-state index is -2.99. The zero-order valence-electron chi connectivity index (χ0n) is 17.1. The highest BCUT2D eigenvalue weighted by Gasteiger charge is 2.34. The summed E-state index contributed by atoms with van der Waals surface area (Å²) < 4.78 is 14.7. The monoisotopic (exact) mass is 389 g/mol. The molecule has 3 heteroatoms. The average Bonchev–Trinajstić information content (AvgIpc) is 3.03. The van der Waals surface area contributed by atoms with E-state index < -0.39 is 7.29 Å². The van der Waals surface area contributed by atoms with Crippen LogP contribution in [-0.2, 0) is 11.0 Å². The minimum absolute atomic E-state index is 0.115. The molecule has 1 atom stereocenters. The van der Waals surface area contributed by atoms with Crippen molar-refractivity contribution >= 4 is 17.9 Å². The predicted octanol–water partition coefficient (Wildman–Crippen LogP) is 5.43. The van der Waals surface area contributed by atoms with Gasteiger partial charge in [0.15, 0.2) is 0 Å². The maximum absolute atomic E-state index is 14.7. The molecule has 0 spiro atoms. The molecule has 0 fully saturated rings. The third-order valence-electron chi connectivity index (χ3n) is 5.61. The Labute approximate surface area is 168 Å². The van der Waals surface area contributed by atoms with E-state index in [2.05, 4.69) is 93.4 Å². The molecular weight excluding hydrogens is 361 g/mol. The van der Waals surface area contributed by atoms with Gasteiger partial charge < -0.3 is 0 Å². The molecule has 1 aliphatic carbocycles. The first kappa shape index (κ1) is 19.2. The van der Waals surface area contributed by atoms with Gasteiger partial charge in [-0.3, -0.25) is 9.65 Å². The summed E-state index contributed by atoms with van der Waals surface area (Å²) in [6.45, 7) is 8.31. The van der Waals surface area contributed by atoms with Crippen LogP contribution >= 0.6 is 7.29 Å². The summed E-state index contributed by atoms with van der Waals surface area (Å²) in [7, 11) is -2.99. The fourth-order valence-electron chi connectivity index (χ4n) is 4.47. The molecular formula is C25H28NOP. The fourth-order valence-corrected chi connectivity index (χ4v) is 7.32. The molecule has 28 heavy (non-hydrogen) atoms. The van der Waals surface area contributed by atoms with Crippen LogP contribution in [0, 0.1) is 27.7 Å². The number of fused-ring (bicyclic) bond motifs is 1. The smallest absolute Gasteiger partial charge is 0.205 e. The zero-order chi connectivity index (χ0) is 19.9. The Kier molecular flexibility index (Phi) is 5.04. The maximum atomic E-state index is 14.7. The second kappa shape index (κ2) is 7.35. The number of benzene rings is 3. The molecule has 144 valence electrons. The molecule has 0 bridgehead atoms. The van der Waals surface area contributed by atoms with Gasteiger partial charge in [-0.2, -0.15) is 0 Å². The SMILES string of the molecule is Cc1cc(C)cc(P(=O)(N[C@@H]2CCc3ccccc32)c2cc(C)cc(C)c2)c1. The van der Waals surface area contributed by atoms with Crippen molar-refractivity contribution in [3.63, 3.8) is 0 Å². The number of nitrogens with one attached hydrogen (secondary N) is 1. The van der Waals surface area contributed by atoms with E-state index >= 15 is 0 Å². The number of hydrogen-bond acceptors (Lipinski definition) is 1. The molecule has 1 aliphatic rings. The van der Waals surface area contributed by atoms with Gasteiger partial charge in [0.2, 0.25) is 7.29 Å². The van der Waals surface area contributed by atoms with Crippen LogP contribution in [0.5, 0.6) is 0 Å². The Morgan fingerprint density at radius 1 is 0.786 bits per heavy atom. The Hall–Kier alpha value is -2.15. The molecule has 0 aliphatic heterocycles. The number of aryl methyl sites for hydroxylation is 5. The molecule has 0 heterocycles. The second-order valence-electron chi connectivity index (χ2n) is 8.22. The van der Waals surface area contributed by atoms with Crippen LogP contribution in [0.4, 0.5) is 0 Å². The summed E-state index contributed by atoms with van der Waals surface area (Å²) >= 11 is 0. The van der Waals surface area contributed by atoms with Crippen molar-refractivity contribution in [3.8, 4) is 0 Å². The molecule has 2 nitrogen and oxygen atoms in total. The summed E-state index contributed by atoms with van der Waals surface area (Å²) in [6, 6.07) is 21.3. The van der Waals surface area contributed by atoms with E-state index in [0.717, 1.165) is 45.7 Å². The lowest BCUT2D eigenvalue weighted by atomic mass is 10.1. The third kappa shape index (κ3) is 3.60. The second-order valence-corrected chi connectivity index (χ2v) is 10.7. The van der Waals surface area contributed by atoms with Crippen LogP contribution in [0.3, 0.4) is 0 Å². The van der Waals surface area contributed by atoms with Crippen molar-refractivity contribution in [1.29, 1.82) is 0 Å². The molecule has 3 aromatic rings. The van der Waals surface area contributed by atoms with Gasteiger partial charge >= 0.3 is 0 Å². The molecule has 0 unspecified atom stereocenters. The molecule has 1 N–H and O–H groups in total. The lowest BCUT2D eigenvalue weighted by Crippen LogP contribution is -2.30. The van der Waals surface area contributed by atoms with E-state index in [0.29, 0.717) is 0 Å². The van der Waals surface area contributed by atoms with Gasteiger partial charge in [-0.25, -0.2) is 0 Å². The first-order valence-corrected chi connectivity index (χ1v) is 11.7. The topological polar surface area (TPSA) is 29.1 Å². The average molecular weight is 389 g/mol. The summed E-state index contributed by atoms with van der Waals surface area (Å²) in [5.74, 6) is 0. The lowest BCUT2D eigenvalue weighted by Gasteiger charge is -2.26. The van der Waals surface area contributed by atoms with Crippen LogP contribution < -0.4 is 15.7 Å². The Morgan fingerprint density at radius 3 is 1.82 bits per heavy atom. The van der Waals surface area contributed by atoms with Gasteiger partial charge in [-0.1, -0.05) is 58.7 Å². The minimum Gasteiger partial charge on any atom is -0.297 e. The predicted molar refractivity (Wildman–Crippen MR) is 119 cm³/mol. The van der Waals surface area contributed by atoms with Crippen molar-refractivity contribution < 1.29 is 4.57 Å². The van der Waals surface area contributed by atoms with Crippen LogP contribution in [0.15, 0.2) is 60.7 Å². The molecule has 0 saturated heterocycles. The summed E-state index contributed by atoms with van der Waals surface area (Å²) in [4.78, 5) is 0. The summed E-state index contributed by atoms with van der Waals surface area (Å²) in [6.07, 6.45) is 2.02. The fraction of sp³-hybridized carbons (Fsp3) is 0.280. The van der Waals surface area contributed by atoms with Gasteiger partial charge in [-0.15, -0.1) is 0 Å². The zero-order valence-corrected chi connectivity index (χ0v) is 18.0. The molecule has 3 aromatic carbocycles. The molecule has 0 radical (unpaired) electrons. The van der Waals surface area contributed by atoms with E-state index in [-0.39, 0.29) is 6.04 Å². The number of rotatable bonds is 4. The van der Waals surface area contributed by atoms with Crippen molar-refractivity contribution in [1.82, 2.24) is 5.09 Å². The van der Waals surface area contributed by atoms with Gasteiger partial charge in [0.25, 0.3) is 0 Å². The van der Waals surface area contributed by atoms with E-state index in [1.165, 1.54) is 11.1 Å². The number of hydrogen-bond donors (Lipinski definition) is 1. The van der Waals surface area contributed by atoms with Crippen molar-refractivity contribution in [2.24, 2.45) is 0 Å². The first-order valence-electron chi connectivity index (χ1n) is 9.98. The van der Waals surface area contributed by atoms with Gasteiger partial charge in [-0.05, 0) is 75.9 Å². The summed E-state index contributed by atoms with van der Waals surface area (Å²) in [5, 5.41) is 5.45. The highest BCUT2D eigenvalue weighted by atomic mass is 31.2. The van der Waals surface area contributed by atoms with E-state index in [1.807, 2.05) is 0 Å². The van der Waals surface area contributed by atoms with Crippen molar-refractivity contribution in [2.45, 2.75) is 46.6 Å². The van der Waals surface area contributed by atoms with Crippen molar-refractivity contribution in [3.05, 3.63) is 94.0 Å². The van der Waals surface area contributed by atoms with E-state index in [4.69, 9.17) is 0 Å². The quantitative estimate of drug-likeness (QED) is 0.603. The van der Waals surface area contributed by atoms with Gasteiger partial charge in [0.05, 0.1) is 0 Å². The normalized spacial score (nSPS) is 16.2. The lowest BCUT2D eigenvalue weighted by molar-refractivity contribution is 0.559. The van der Waals surface area contributed by atoms with E-state index in [1.54, 1.807) is 0 Å². The van der Waals surface area contributed by atoms with Crippen LogP contribution in [0.25, 0.3) is 0 Å². The van der Waals surface area contributed by atoms with Gasteiger partial charge in [0.1, 0.15) is 0 Å².